The molecule has 1 saturated heterocycles. The Bertz CT molecular complexity index is 596. The first kappa shape index (κ1) is 21.2. The summed E-state index contributed by atoms with van der Waals surface area (Å²) in [5.41, 5.74) is 12.5. The first-order valence-electron chi connectivity index (χ1n) is 8.26. The SMILES string of the molecule is I.NC(=O)CNC(=O)c1ccc(CN=C(N)N2CCCCCC2)cc1. The molecule has 1 aromatic carbocycles. The highest BCUT2D eigenvalue weighted by Crippen LogP contribution is 2.10. The maximum atomic E-state index is 11.8. The molecule has 1 aromatic rings. The minimum absolute atomic E-state index is 0. The molecule has 7 nitrogen and oxygen atoms in total. The van der Waals surface area contributed by atoms with Gasteiger partial charge in [-0.05, 0) is 30.5 Å². The number of guanidine groups is 1. The van der Waals surface area contributed by atoms with Crippen LogP contribution in [-0.2, 0) is 11.3 Å². The smallest absolute Gasteiger partial charge is 0.251 e. The molecule has 8 heteroatoms. The third kappa shape index (κ3) is 7.29. The van der Waals surface area contributed by atoms with Crippen LogP contribution in [0.3, 0.4) is 0 Å². The molecule has 1 aliphatic heterocycles. The number of rotatable bonds is 5. The number of halogens is 1. The van der Waals surface area contributed by atoms with Crippen molar-refractivity contribution < 1.29 is 9.59 Å². The maximum absolute atomic E-state index is 11.8. The van der Waals surface area contributed by atoms with Crippen molar-refractivity contribution in [2.45, 2.75) is 32.2 Å². The second-order valence-corrected chi connectivity index (χ2v) is 5.92. The Kier molecular flexibility index (Phi) is 9.25. The summed E-state index contributed by atoms with van der Waals surface area (Å²) in [6.07, 6.45) is 4.82. The molecular formula is C17H26IN5O2. The molecule has 1 aliphatic rings. The van der Waals surface area contributed by atoms with Gasteiger partial charge in [0.2, 0.25) is 5.91 Å². The van der Waals surface area contributed by atoms with E-state index in [9.17, 15) is 9.59 Å². The lowest BCUT2D eigenvalue weighted by atomic mass is 10.1. The minimum atomic E-state index is -0.571. The van der Waals surface area contributed by atoms with E-state index >= 15 is 0 Å². The van der Waals surface area contributed by atoms with Gasteiger partial charge in [0, 0.05) is 18.7 Å². The average Bonchev–Trinajstić information content (AvgIpc) is 2.87. The standard InChI is InChI=1S/C17H25N5O2.HI/c18-15(23)12-20-16(24)14-7-5-13(6-8-14)11-21-17(19)22-9-3-1-2-4-10-22;/h5-8H,1-4,9-12H2,(H2,18,23)(H2,19,21)(H,20,24);1H. The highest BCUT2D eigenvalue weighted by atomic mass is 127. The topological polar surface area (TPSA) is 114 Å². The van der Waals surface area contributed by atoms with Gasteiger partial charge in [-0.1, -0.05) is 25.0 Å². The third-order valence-electron chi connectivity index (χ3n) is 3.99. The quantitative estimate of drug-likeness (QED) is 0.349. The lowest BCUT2D eigenvalue weighted by Crippen LogP contribution is -2.38. The third-order valence-corrected chi connectivity index (χ3v) is 3.99. The summed E-state index contributed by atoms with van der Waals surface area (Å²) in [6, 6.07) is 7.06. The summed E-state index contributed by atoms with van der Waals surface area (Å²) >= 11 is 0. The zero-order valence-corrected chi connectivity index (χ0v) is 16.6. The fraction of sp³-hybridized carbons (Fsp3) is 0.471. The van der Waals surface area contributed by atoms with E-state index in [1.54, 1.807) is 12.1 Å². The van der Waals surface area contributed by atoms with Crippen LogP contribution in [0.15, 0.2) is 29.3 Å². The van der Waals surface area contributed by atoms with Gasteiger partial charge >= 0.3 is 0 Å². The van der Waals surface area contributed by atoms with Gasteiger partial charge in [-0.2, -0.15) is 0 Å². The number of amides is 2. The van der Waals surface area contributed by atoms with E-state index < -0.39 is 5.91 Å². The zero-order valence-electron chi connectivity index (χ0n) is 14.2. The van der Waals surface area contributed by atoms with Gasteiger partial charge < -0.3 is 21.7 Å². The molecule has 1 fully saturated rings. The Morgan fingerprint density at radius 3 is 2.20 bits per heavy atom. The molecule has 0 bridgehead atoms. The number of hydrogen-bond acceptors (Lipinski definition) is 3. The molecule has 0 aliphatic carbocycles. The Morgan fingerprint density at radius 2 is 1.64 bits per heavy atom. The van der Waals surface area contributed by atoms with Crippen molar-refractivity contribution in [3.63, 3.8) is 0 Å². The first-order valence-corrected chi connectivity index (χ1v) is 8.26. The Balaban J connectivity index is 0.00000312. The summed E-state index contributed by atoms with van der Waals surface area (Å²) in [6.45, 7) is 2.24. The molecule has 25 heavy (non-hydrogen) atoms. The van der Waals surface area contributed by atoms with Crippen LogP contribution in [0.1, 0.15) is 41.6 Å². The fourth-order valence-corrected chi connectivity index (χ4v) is 2.60. The van der Waals surface area contributed by atoms with Crippen molar-refractivity contribution in [2.75, 3.05) is 19.6 Å². The number of carbonyl (C=O) groups excluding carboxylic acids is 2. The molecule has 2 amide bonds. The highest BCUT2D eigenvalue weighted by Gasteiger charge is 2.11. The van der Waals surface area contributed by atoms with Crippen LogP contribution in [0.5, 0.6) is 0 Å². The van der Waals surface area contributed by atoms with Crippen LogP contribution >= 0.6 is 24.0 Å². The number of nitrogens with two attached hydrogens (primary N) is 2. The van der Waals surface area contributed by atoms with Gasteiger partial charge in [0.15, 0.2) is 5.96 Å². The molecule has 0 spiro atoms. The molecule has 5 N–H and O–H groups in total. The molecule has 0 aromatic heterocycles. The van der Waals surface area contributed by atoms with Gasteiger partial charge in [0.05, 0.1) is 13.1 Å². The Morgan fingerprint density at radius 1 is 1.04 bits per heavy atom. The highest BCUT2D eigenvalue weighted by molar-refractivity contribution is 14.0. The molecule has 0 radical (unpaired) electrons. The number of aliphatic imine (C=N–C) groups is 1. The number of primary amides is 1. The first-order chi connectivity index (χ1) is 11.6. The van der Waals surface area contributed by atoms with Crippen LogP contribution in [0.2, 0.25) is 0 Å². The summed E-state index contributed by atoms with van der Waals surface area (Å²) in [5.74, 6) is -0.314. The maximum Gasteiger partial charge on any atom is 0.251 e. The van der Waals surface area contributed by atoms with E-state index in [2.05, 4.69) is 15.2 Å². The van der Waals surface area contributed by atoms with E-state index in [1.165, 1.54) is 12.8 Å². The Hall–Kier alpha value is -1.84. The number of benzene rings is 1. The predicted octanol–water partition coefficient (Wildman–Crippen LogP) is 1.21. The second-order valence-electron chi connectivity index (χ2n) is 5.92. The molecule has 0 atom stereocenters. The van der Waals surface area contributed by atoms with Crippen molar-refractivity contribution in [2.24, 2.45) is 16.5 Å². The summed E-state index contributed by atoms with van der Waals surface area (Å²) in [5, 5.41) is 2.45. The summed E-state index contributed by atoms with van der Waals surface area (Å²) in [7, 11) is 0. The normalized spacial score (nSPS) is 15.0. The van der Waals surface area contributed by atoms with E-state index in [-0.39, 0.29) is 36.4 Å². The number of likely N-dealkylation sites (tertiary alicyclic amines) is 1. The molecule has 138 valence electrons. The largest absolute Gasteiger partial charge is 0.370 e. The van der Waals surface area contributed by atoms with Crippen molar-refractivity contribution in [1.82, 2.24) is 10.2 Å². The van der Waals surface area contributed by atoms with E-state index in [0.717, 1.165) is 31.5 Å². The number of nitrogens with one attached hydrogen (secondary N) is 1. The average molecular weight is 459 g/mol. The molecular weight excluding hydrogens is 433 g/mol. The van der Waals surface area contributed by atoms with Crippen LogP contribution in [0, 0.1) is 0 Å². The second kappa shape index (κ2) is 10.9. The number of hydrogen-bond donors (Lipinski definition) is 3. The monoisotopic (exact) mass is 459 g/mol. The van der Waals surface area contributed by atoms with E-state index in [4.69, 9.17) is 11.5 Å². The molecule has 0 saturated carbocycles. The predicted molar refractivity (Wildman–Crippen MR) is 109 cm³/mol. The molecule has 1 heterocycles. The molecule has 2 rings (SSSR count). The number of nitrogens with zero attached hydrogens (tertiary/aromatic N) is 2. The molecule has 0 unspecified atom stereocenters. The van der Waals surface area contributed by atoms with Gasteiger partial charge in [-0.3, -0.25) is 9.59 Å². The van der Waals surface area contributed by atoms with E-state index in [1.807, 2.05) is 12.1 Å². The van der Waals surface area contributed by atoms with E-state index in [0.29, 0.717) is 18.1 Å². The van der Waals surface area contributed by atoms with Crippen LogP contribution in [0.25, 0.3) is 0 Å². The van der Waals surface area contributed by atoms with Crippen molar-refractivity contribution in [3.05, 3.63) is 35.4 Å². The van der Waals surface area contributed by atoms with Gasteiger partial charge in [-0.25, -0.2) is 4.99 Å². The summed E-state index contributed by atoms with van der Waals surface area (Å²) < 4.78 is 0. The van der Waals surface area contributed by atoms with Crippen LogP contribution in [0.4, 0.5) is 0 Å². The fourth-order valence-electron chi connectivity index (χ4n) is 2.60. The van der Waals surface area contributed by atoms with Gasteiger partial charge in [-0.15, -0.1) is 24.0 Å². The van der Waals surface area contributed by atoms with Crippen LogP contribution in [-0.4, -0.2) is 42.3 Å². The number of carbonyl (C=O) groups is 2. The van der Waals surface area contributed by atoms with Gasteiger partial charge in [0.1, 0.15) is 0 Å². The van der Waals surface area contributed by atoms with Crippen molar-refractivity contribution >= 4 is 41.8 Å². The minimum Gasteiger partial charge on any atom is -0.370 e. The lowest BCUT2D eigenvalue weighted by Gasteiger charge is -2.21. The zero-order chi connectivity index (χ0) is 17.4. The summed E-state index contributed by atoms with van der Waals surface area (Å²) in [4.78, 5) is 29.0. The van der Waals surface area contributed by atoms with Crippen molar-refractivity contribution in [3.8, 4) is 0 Å². The van der Waals surface area contributed by atoms with Gasteiger partial charge in [0.25, 0.3) is 5.91 Å². The Labute approximate surface area is 165 Å². The lowest BCUT2D eigenvalue weighted by molar-refractivity contribution is -0.117. The van der Waals surface area contributed by atoms with Crippen molar-refractivity contribution in [1.29, 1.82) is 0 Å². The van der Waals surface area contributed by atoms with Crippen LogP contribution < -0.4 is 16.8 Å².